The summed E-state index contributed by atoms with van der Waals surface area (Å²) in [5.41, 5.74) is 2.53. The van der Waals surface area contributed by atoms with Crippen molar-refractivity contribution in [1.82, 2.24) is 5.32 Å². The molecule has 0 unspecified atom stereocenters. The van der Waals surface area contributed by atoms with Gasteiger partial charge in [0.25, 0.3) is 5.91 Å². The minimum Gasteiger partial charge on any atom is -0.452 e. The molecular formula is C18H18FNO3. The zero-order valence-electron chi connectivity index (χ0n) is 13.1. The molecular weight excluding hydrogens is 297 g/mol. The molecule has 0 spiro atoms. The normalized spacial score (nSPS) is 10.2. The van der Waals surface area contributed by atoms with Crippen molar-refractivity contribution in [1.29, 1.82) is 0 Å². The van der Waals surface area contributed by atoms with Gasteiger partial charge in [0.15, 0.2) is 6.61 Å². The van der Waals surface area contributed by atoms with E-state index in [0.717, 1.165) is 11.1 Å². The second-order valence-electron chi connectivity index (χ2n) is 5.26. The van der Waals surface area contributed by atoms with Crippen LogP contribution in [-0.2, 0) is 16.1 Å². The van der Waals surface area contributed by atoms with Crippen molar-refractivity contribution in [2.75, 3.05) is 6.61 Å². The molecule has 1 N–H and O–H groups in total. The molecule has 0 bridgehead atoms. The Morgan fingerprint density at radius 3 is 2.61 bits per heavy atom. The summed E-state index contributed by atoms with van der Waals surface area (Å²) in [7, 11) is 0. The number of rotatable bonds is 5. The van der Waals surface area contributed by atoms with E-state index in [1.54, 1.807) is 31.2 Å². The lowest BCUT2D eigenvalue weighted by Crippen LogP contribution is -2.28. The van der Waals surface area contributed by atoms with Crippen molar-refractivity contribution < 1.29 is 18.7 Å². The van der Waals surface area contributed by atoms with Crippen molar-refractivity contribution in [3.05, 3.63) is 70.5 Å². The quantitative estimate of drug-likeness (QED) is 0.863. The summed E-state index contributed by atoms with van der Waals surface area (Å²) in [4.78, 5) is 23.7. The van der Waals surface area contributed by atoms with Gasteiger partial charge in [-0.3, -0.25) is 4.79 Å². The van der Waals surface area contributed by atoms with Crippen LogP contribution in [0.3, 0.4) is 0 Å². The fourth-order valence-corrected chi connectivity index (χ4v) is 2.05. The van der Waals surface area contributed by atoms with Crippen LogP contribution in [0.4, 0.5) is 4.39 Å². The number of carbonyl (C=O) groups excluding carboxylic acids is 2. The number of amides is 1. The standard InChI is InChI=1S/C18H18FNO3/c1-12-7-8-13(2)15(9-12)18(22)23-11-17(21)20-10-14-5-3-4-6-16(14)19/h3-9H,10-11H2,1-2H3,(H,20,21). The number of ether oxygens (including phenoxy) is 1. The summed E-state index contributed by atoms with van der Waals surface area (Å²) in [6, 6.07) is 11.6. The van der Waals surface area contributed by atoms with Crippen molar-refractivity contribution in [3.8, 4) is 0 Å². The van der Waals surface area contributed by atoms with E-state index >= 15 is 0 Å². The summed E-state index contributed by atoms with van der Waals surface area (Å²) < 4.78 is 18.4. The van der Waals surface area contributed by atoms with E-state index in [1.807, 2.05) is 19.1 Å². The van der Waals surface area contributed by atoms with Gasteiger partial charge in [-0.2, -0.15) is 0 Å². The Morgan fingerprint density at radius 2 is 1.87 bits per heavy atom. The van der Waals surface area contributed by atoms with Crippen LogP contribution < -0.4 is 5.32 Å². The zero-order chi connectivity index (χ0) is 16.8. The smallest absolute Gasteiger partial charge is 0.338 e. The van der Waals surface area contributed by atoms with Gasteiger partial charge in [-0.1, -0.05) is 35.9 Å². The third kappa shape index (κ3) is 4.64. The van der Waals surface area contributed by atoms with Crippen LogP contribution in [0, 0.1) is 19.7 Å². The number of aryl methyl sites for hydroxylation is 2. The lowest BCUT2D eigenvalue weighted by molar-refractivity contribution is -0.124. The molecule has 0 aliphatic carbocycles. The average molecular weight is 315 g/mol. The predicted octanol–water partition coefficient (Wildman–Crippen LogP) is 2.92. The monoisotopic (exact) mass is 315 g/mol. The molecule has 0 heterocycles. The van der Waals surface area contributed by atoms with E-state index in [9.17, 15) is 14.0 Å². The molecule has 0 aliphatic heterocycles. The van der Waals surface area contributed by atoms with Crippen LogP contribution in [0.5, 0.6) is 0 Å². The SMILES string of the molecule is Cc1ccc(C)c(C(=O)OCC(=O)NCc2ccccc2F)c1. The molecule has 0 saturated carbocycles. The Bertz CT molecular complexity index is 728. The van der Waals surface area contributed by atoms with Crippen LogP contribution >= 0.6 is 0 Å². The topological polar surface area (TPSA) is 55.4 Å². The molecule has 0 fully saturated rings. The zero-order valence-corrected chi connectivity index (χ0v) is 13.1. The Kier molecular flexibility index (Phi) is 5.46. The Balaban J connectivity index is 1.86. The summed E-state index contributed by atoms with van der Waals surface area (Å²) >= 11 is 0. The maximum Gasteiger partial charge on any atom is 0.338 e. The molecule has 1 amide bonds. The number of hydrogen-bond donors (Lipinski definition) is 1. The first-order valence-corrected chi connectivity index (χ1v) is 7.22. The lowest BCUT2D eigenvalue weighted by atomic mass is 10.1. The molecule has 0 aliphatic rings. The molecule has 0 radical (unpaired) electrons. The molecule has 0 atom stereocenters. The van der Waals surface area contributed by atoms with Gasteiger partial charge in [-0.15, -0.1) is 0 Å². The highest BCUT2D eigenvalue weighted by Gasteiger charge is 2.13. The van der Waals surface area contributed by atoms with E-state index < -0.39 is 18.5 Å². The van der Waals surface area contributed by atoms with Gasteiger partial charge in [0.2, 0.25) is 0 Å². The number of carbonyl (C=O) groups is 2. The summed E-state index contributed by atoms with van der Waals surface area (Å²) in [6.07, 6.45) is 0. The molecule has 0 saturated heterocycles. The lowest BCUT2D eigenvalue weighted by Gasteiger charge is -2.09. The highest BCUT2D eigenvalue weighted by molar-refractivity contribution is 5.92. The van der Waals surface area contributed by atoms with Crippen LogP contribution in [0.2, 0.25) is 0 Å². The first kappa shape index (κ1) is 16.7. The minimum atomic E-state index is -0.549. The number of nitrogens with one attached hydrogen (secondary N) is 1. The van der Waals surface area contributed by atoms with Crippen LogP contribution in [-0.4, -0.2) is 18.5 Å². The molecule has 2 rings (SSSR count). The summed E-state index contributed by atoms with van der Waals surface area (Å²) in [6.45, 7) is 3.32. The maximum absolute atomic E-state index is 13.4. The molecule has 23 heavy (non-hydrogen) atoms. The molecule has 120 valence electrons. The third-order valence-corrected chi connectivity index (χ3v) is 3.38. The van der Waals surface area contributed by atoms with E-state index in [-0.39, 0.29) is 12.4 Å². The van der Waals surface area contributed by atoms with Crippen molar-refractivity contribution in [3.63, 3.8) is 0 Å². The molecule has 0 aromatic heterocycles. The van der Waals surface area contributed by atoms with Crippen molar-refractivity contribution in [2.45, 2.75) is 20.4 Å². The second-order valence-corrected chi connectivity index (χ2v) is 5.26. The van der Waals surface area contributed by atoms with Gasteiger partial charge in [0.05, 0.1) is 5.56 Å². The largest absolute Gasteiger partial charge is 0.452 e. The third-order valence-electron chi connectivity index (χ3n) is 3.38. The van der Waals surface area contributed by atoms with Crippen LogP contribution in [0.15, 0.2) is 42.5 Å². The molecule has 4 nitrogen and oxygen atoms in total. The van der Waals surface area contributed by atoms with Gasteiger partial charge in [0.1, 0.15) is 5.82 Å². The molecule has 2 aromatic rings. The Morgan fingerprint density at radius 1 is 1.13 bits per heavy atom. The highest BCUT2D eigenvalue weighted by Crippen LogP contribution is 2.12. The van der Waals surface area contributed by atoms with E-state index in [2.05, 4.69) is 5.32 Å². The van der Waals surface area contributed by atoms with Gasteiger partial charge in [0, 0.05) is 12.1 Å². The van der Waals surface area contributed by atoms with Crippen molar-refractivity contribution >= 4 is 11.9 Å². The fourth-order valence-electron chi connectivity index (χ4n) is 2.05. The van der Waals surface area contributed by atoms with Crippen LogP contribution in [0.25, 0.3) is 0 Å². The van der Waals surface area contributed by atoms with Gasteiger partial charge >= 0.3 is 5.97 Å². The van der Waals surface area contributed by atoms with Gasteiger partial charge < -0.3 is 10.1 Å². The predicted molar refractivity (Wildman–Crippen MR) is 84.4 cm³/mol. The van der Waals surface area contributed by atoms with Crippen LogP contribution in [0.1, 0.15) is 27.0 Å². The number of benzene rings is 2. The molecule has 5 heteroatoms. The van der Waals surface area contributed by atoms with Gasteiger partial charge in [-0.25, -0.2) is 9.18 Å². The second kappa shape index (κ2) is 7.54. The first-order valence-electron chi connectivity index (χ1n) is 7.22. The number of halogens is 1. The van der Waals surface area contributed by atoms with E-state index in [4.69, 9.17) is 4.74 Å². The summed E-state index contributed by atoms with van der Waals surface area (Å²) in [5.74, 6) is -1.42. The highest BCUT2D eigenvalue weighted by atomic mass is 19.1. The Labute approximate surface area is 134 Å². The number of esters is 1. The maximum atomic E-state index is 13.4. The van der Waals surface area contributed by atoms with E-state index in [0.29, 0.717) is 11.1 Å². The Hall–Kier alpha value is -2.69. The van der Waals surface area contributed by atoms with Crippen molar-refractivity contribution in [2.24, 2.45) is 0 Å². The van der Waals surface area contributed by atoms with E-state index in [1.165, 1.54) is 6.07 Å². The summed E-state index contributed by atoms with van der Waals surface area (Å²) in [5, 5.41) is 2.52. The minimum absolute atomic E-state index is 0.0481. The van der Waals surface area contributed by atoms with Gasteiger partial charge in [-0.05, 0) is 31.5 Å². The first-order chi connectivity index (χ1) is 11.0. The average Bonchev–Trinajstić information content (AvgIpc) is 2.54. The number of hydrogen-bond acceptors (Lipinski definition) is 3. The fraction of sp³-hybridized carbons (Fsp3) is 0.222. The molecule has 2 aromatic carbocycles.